The number of aromatic nitrogens is 1. The maximum atomic E-state index is 5.94. The number of hydrogen-bond donors (Lipinski definition) is 2. The molecule has 3 nitrogen and oxygen atoms in total. The van der Waals surface area contributed by atoms with E-state index in [0.29, 0.717) is 0 Å². The molecule has 0 spiro atoms. The topological polar surface area (TPSA) is 50.9 Å². The van der Waals surface area contributed by atoms with Crippen molar-refractivity contribution in [1.82, 2.24) is 10.3 Å². The van der Waals surface area contributed by atoms with Gasteiger partial charge in [-0.1, -0.05) is 0 Å². The van der Waals surface area contributed by atoms with Crippen LogP contribution < -0.4 is 11.1 Å². The molecule has 0 unspecified atom stereocenters. The Morgan fingerprint density at radius 3 is 2.56 bits per heavy atom. The van der Waals surface area contributed by atoms with Crippen LogP contribution >= 0.6 is 11.3 Å². The standard InChI is InChI=1S/C12H23N3S/c1-11(2,13)6-5-7-15-12(3,4)10-14-8-9-16-10/h8-9,15H,5-7,13H2,1-4H3. The zero-order valence-electron chi connectivity index (χ0n) is 10.7. The zero-order chi connectivity index (χ0) is 12.2. The van der Waals surface area contributed by atoms with Gasteiger partial charge in [0.05, 0.1) is 5.54 Å². The maximum absolute atomic E-state index is 5.94. The third kappa shape index (κ3) is 4.60. The number of hydrogen-bond acceptors (Lipinski definition) is 4. The van der Waals surface area contributed by atoms with Crippen molar-refractivity contribution >= 4 is 11.3 Å². The predicted octanol–water partition coefficient (Wildman–Crippen LogP) is 2.49. The lowest BCUT2D eigenvalue weighted by molar-refractivity contribution is 0.374. The highest BCUT2D eigenvalue weighted by Crippen LogP contribution is 2.21. The summed E-state index contributed by atoms with van der Waals surface area (Å²) in [4.78, 5) is 4.35. The van der Waals surface area contributed by atoms with Gasteiger partial charge < -0.3 is 11.1 Å². The number of nitrogens with one attached hydrogen (secondary N) is 1. The minimum absolute atomic E-state index is 0.0348. The molecule has 0 saturated carbocycles. The first-order chi connectivity index (χ1) is 7.31. The Morgan fingerprint density at radius 2 is 2.06 bits per heavy atom. The molecule has 1 rings (SSSR count). The summed E-state index contributed by atoms with van der Waals surface area (Å²) in [5.74, 6) is 0. The molecule has 0 bridgehead atoms. The molecule has 1 aromatic rings. The first kappa shape index (κ1) is 13.6. The van der Waals surface area contributed by atoms with Crippen LogP contribution in [0.4, 0.5) is 0 Å². The van der Waals surface area contributed by atoms with Crippen molar-refractivity contribution in [3.05, 3.63) is 16.6 Å². The summed E-state index contributed by atoms with van der Waals surface area (Å²) in [5.41, 5.74) is 5.84. The minimum Gasteiger partial charge on any atom is -0.326 e. The molecule has 0 radical (unpaired) electrons. The maximum Gasteiger partial charge on any atom is 0.112 e. The molecule has 4 heteroatoms. The fraction of sp³-hybridized carbons (Fsp3) is 0.750. The van der Waals surface area contributed by atoms with Gasteiger partial charge in [-0.25, -0.2) is 4.98 Å². The largest absolute Gasteiger partial charge is 0.326 e. The molecule has 0 amide bonds. The third-order valence-electron chi connectivity index (χ3n) is 2.53. The van der Waals surface area contributed by atoms with Crippen LogP contribution in [-0.4, -0.2) is 17.1 Å². The van der Waals surface area contributed by atoms with Gasteiger partial charge in [-0.05, 0) is 47.1 Å². The van der Waals surface area contributed by atoms with Crippen LogP contribution in [-0.2, 0) is 5.54 Å². The van der Waals surface area contributed by atoms with Crippen molar-refractivity contribution in [1.29, 1.82) is 0 Å². The number of nitrogens with two attached hydrogens (primary N) is 1. The molecule has 0 atom stereocenters. The second kappa shape index (κ2) is 5.25. The molecular formula is C12H23N3S. The Morgan fingerprint density at radius 1 is 1.38 bits per heavy atom. The van der Waals surface area contributed by atoms with E-state index in [2.05, 4.69) is 38.0 Å². The second-order valence-corrected chi connectivity index (χ2v) is 6.38. The zero-order valence-corrected chi connectivity index (χ0v) is 11.5. The molecule has 0 saturated heterocycles. The lowest BCUT2D eigenvalue weighted by atomic mass is 9.99. The van der Waals surface area contributed by atoms with E-state index >= 15 is 0 Å². The first-order valence-electron chi connectivity index (χ1n) is 5.75. The lowest BCUT2D eigenvalue weighted by Gasteiger charge is -2.25. The van der Waals surface area contributed by atoms with Crippen LogP contribution in [0.1, 0.15) is 45.5 Å². The molecule has 3 N–H and O–H groups in total. The van der Waals surface area contributed by atoms with E-state index in [1.807, 2.05) is 11.6 Å². The summed E-state index contributed by atoms with van der Waals surface area (Å²) in [5, 5.41) is 6.68. The van der Waals surface area contributed by atoms with E-state index < -0.39 is 0 Å². The van der Waals surface area contributed by atoms with Crippen LogP contribution in [0.5, 0.6) is 0 Å². The van der Waals surface area contributed by atoms with Gasteiger partial charge in [0, 0.05) is 17.1 Å². The van der Waals surface area contributed by atoms with Crippen molar-refractivity contribution in [3.8, 4) is 0 Å². The normalized spacial score (nSPS) is 13.1. The van der Waals surface area contributed by atoms with Gasteiger partial charge in [0.15, 0.2) is 0 Å². The Labute approximate surface area is 102 Å². The van der Waals surface area contributed by atoms with E-state index in [4.69, 9.17) is 5.73 Å². The molecule has 1 heterocycles. The minimum atomic E-state index is -0.0625. The summed E-state index contributed by atoms with van der Waals surface area (Å²) in [6.45, 7) is 9.45. The van der Waals surface area contributed by atoms with Gasteiger partial charge in [-0.2, -0.15) is 0 Å². The van der Waals surface area contributed by atoms with E-state index in [1.54, 1.807) is 11.3 Å². The predicted molar refractivity (Wildman–Crippen MR) is 70.6 cm³/mol. The van der Waals surface area contributed by atoms with Crippen LogP contribution in [0.15, 0.2) is 11.6 Å². The molecule has 1 aromatic heterocycles. The molecular weight excluding hydrogens is 218 g/mol. The van der Waals surface area contributed by atoms with Crippen LogP contribution in [0.3, 0.4) is 0 Å². The lowest BCUT2D eigenvalue weighted by Crippen LogP contribution is -2.38. The van der Waals surface area contributed by atoms with Crippen molar-refractivity contribution in [2.24, 2.45) is 5.73 Å². The Bertz CT molecular complexity index is 299. The summed E-state index contributed by atoms with van der Waals surface area (Å²) in [6.07, 6.45) is 3.98. The van der Waals surface area contributed by atoms with E-state index in [9.17, 15) is 0 Å². The smallest absolute Gasteiger partial charge is 0.112 e. The molecule has 0 aliphatic rings. The summed E-state index contributed by atoms with van der Waals surface area (Å²) in [6, 6.07) is 0. The Hall–Kier alpha value is -0.450. The molecule has 0 aliphatic heterocycles. The Kier molecular flexibility index (Phi) is 4.47. The monoisotopic (exact) mass is 241 g/mol. The second-order valence-electron chi connectivity index (χ2n) is 5.48. The highest BCUT2D eigenvalue weighted by atomic mass is 32.1. The molecule has 92 valence electrons. The number of nitrogens with zero attached hydrogens (tertiary/aromatic N) is 1. The van der Waals surface area contributed by atoms with Crippen LogP contribution in [0, 0.1) is 0 Å². The quantitative estimate of drug-likeness (QED) is 0.752. The SMILES string of the molecule is CC(C)(N)CCCNC(C)(C)c1nccs1. The highest BCUT2D eigenvalue weighted by Gasteiger charge is 2.22. The Balaban J connectivity index is 2.32. The van der Waals surface area contributed by atoms with Gasteiger partial charge in [-0.15, -0.1) is 11.3 Å². The van der Waals surface area contributed by atoms with E-state index in [0.717, 1.165) is 24.4 Å². The van der Waals surface area contributed by atoms with Crippen molar-refractivity contribution in [3.63, 3.8) is 0 Å². The molecule has 16 heavy (non-hydrogen) atoms. The summed E-state index contributed by atoms with van der Waals surface area (Å²) >= 11 is 1.70. The fourth-order valence-corrected chi connectivity index (χ4v) is 2.29. The average molecular weight is 241 g/mol. The van der Waals surface area contributed by atoms with Gasteiger partial charge in [0.1, 0.15) is 5.01 Å². The number of thiazole rings is 1. The average Bonchev–Trinajstić information content (AvgIpc) is 2.64. The van der Waals surface area contributed by atoms with Crippen molar-refractivity contribution < 1.29 is 0 Å². The van der Waals surface area contributed by atoms with E-state index in [-0.39, 0.29) is 11.1 Å². The summed E-state index contributed by atoms with van der Waals surface area (Å²) < 4.78 is 0. The molecule has 0 aliphatic carbocycles. The first-order valence-corrected chi connectivity index (χ1v) is 6.63. The molecule has 0 fully saturated rings. The van der Waals surface area contributed by atoms with Crippen molar-refractivity contribution in [2.45, 2.75) is 51.6 Å². The van der Waals surface area contributed by atoms with Gasteiger partial charge in [0.2, 0.25) is 0 Å². The van der Waals surface area contributed by atoms with Crippen LogP contribution in [0.25, 0.3) is 0 Å². The molecule has 0 aromatic carbocycles. The van der Waals surface area contributed by atoms with Gasteiger partial charge in [0.25, 0.3) is 0 Å². The third-order valence-corrected chi connectivity index (χ3v) is 3.63. The van der Waals surface area contributed by atoms with Gasteiger partial charge in [-0.3, -0.25) is 0 Å². The van der Waals surface area contributed by atoms with Crippen molar-refractivity contribution in [2.75, 3.05) is 6.54 Å². The summed E-state index contributed by atoms with van der Waals surface area (Å²) in [7, 11) is 0. The van der Waals surface area contributed by atoms with Gasteiger partial charge >= 0.3 is 0 Å². The number of rotatable bonds is 6. The fourth-order valence-electron chi connectivity index (χ4n) is 1.55. The van der Waals surface area contributed by atoms with Crippen LogP contribution in [0.2, 0.25) is 0 Å². The highest BCUT2D eigenvalue weighted by molar-refractivity contribution is 7.09. The van der Waals surface area contributed by atoms with E-state index in [1.165, 1.54) is 0 Å².